The lowest BCUT2D eigenvalue weighted by atomic mass is 10.3. The molecule has 6 heteroatoms. The minimum absolute atomic E-state index is 0.0593. The number of imide groups is 1. The van der Waals surface area contributed by atoms with Gasteiger partial charge in [-0.2, -0.15) is 0 Å². The summed E-state index contributed by atoms with van der Waals surface area (Å²) in [5, 5.41) is 4.65. The summed E-state index contributed by atoms with van der Waals surface area (Å²) in [7, 11) is 1.56. The van der Waals surface area contributed by atoms with E-state index in [0.717, 1.165) is 0 Å². The lowest BCUT2D eigenvalue weighted by molar-refractivity contribution is -0.120. The van der Waals surface area contributed by atoms with Gasteiger partial charge in [0.15, 0.2) is 0 Å². The zero-order valence-corrected chi connectivity index (χ0v) is 8.00. The number of amides is 4. The summed E-state index contributed by atoms with van der Waals surface area (Å²) in [6.45, 7) is 0.539. The van der Waals surface area contributed by atoms with Gasteiger partial charge < -0.3 is 10.2 Å². The number of rotatable bonds is 4. The summed E-state index contributed by atoms with van der Waals surface area (Å²) in [6, 6.07) is -0.369. The molecule has 2 N–H and O–H groups in total. The van der Waals surface area contributed by atoms with E-state index < -0.39 is 0 Å². The van der Waals surface area contributed by atoms with Crippen LogP contribution in [0.3, 0.4) is 0 Å². The zero-order chi connectivity index (χ0) is 10.6. The summed E-state index contributed by atoms with van der Waals surface area (Å²) in [4.78, 5) is 34.0. The van der Waals surface area contributed by atoms with Crippen LogP contribution in [-0.2, 0) is 9.59 Å². The molecular formula is C8H13N3O3. The van der Waals surface area contributed by atoms with Crippen LogP contribution in [0.1, 0.15) is 12.8 Å². The van der Waals surface area contributed by atoms with E-state index in [-0.39, 0.29) is 24.4 Å². The lowest BCUT2D eigenvalue weighted by Crippen LogP contribution is -2.30. The molecule has 78 valence electrons. The van der Waals surface area contributed by atoms with Gasteiger partial charge in [0.1, 0.15) is 6.54 Å². The molecule has 0 aromatic rings. The minimum atomic E-state index is -0.369. The molecule has 1 saturated heterocycles. The van der Waals surface area contributed by atoms with Crippen LogP contribution < -0.4 is 10.6 Å². The Morgan fingerprint density at radius 1 is 1.57 bits per heavy atom. The quantitative estimate of drug-likeness (QED) is 0.574. The van der Waals surface area contributed by atoms with Gasteiger partial charge in [-0.25, -0.2) is 4.79 Å². The number of carbonyl (C=O) groups excluding carboxylic acids is 3. The summed E-state index contributed by atoms with van der Waals surface area (Å²) in [6.07, 6.45) is 0.939. The van der Waals surface area contributed by atoms with Gasteiger partial charge in [0, 0.05) is 20.0 Å². The molecule has 0 saturated carbocycles. The monoisotopic (exact) mass is 199 g/mol. The summed E-state index contributed by atoms with van der Waals surface area (Å²) in [5.74, 6) is -0.342. The highest BCUT2D eigenvalue weighted by molar-refractivity contribution is 6.01. The molecule has 0 bridgehead atoms. The molecule has 1 rings (SSSR count). The Balaban J connectivity index is 2.22. The van der Waals surface area contributed by atoms with Crippen LogP contribution >= 0.6 is 0 Å². The molecule has 0 aromatic heterocycles. The van der Waals surface area contributed by atoms with Gasteiger partial charge in [-0.1, -0.05) is 0 Å². The third-order valence-corrected chi connectivity index (χ3v) is 1.98. The second kappa shape index (κ2) is 4.59. The molecule has 0 aliphatic carbocycles. The van der Waals surface area contributed by atoms with Gasteiger partial charge in [0.05, 0.1) is 0 Å². The fourth-order valence-corrected chi connectivity index (χ4v) is 1.22. The Kier molecular flexibility index (Phi) is 3.44. The van der Waals surface area contributed by atoms with Crippen LogP contribution in [0, 0.1) is 0 Å². The highest BCUT2D eigenvalue weighted by Gasteiger charge is 2.25. The largest absolute Gasteiger partial charge is 0.359 e. The van der Waals surface area contributed by atoms with E-state index in [9.17, 15) is 14.4 Å². The first kappa shape index (κ1) is 10.5. The maximum absolute atomic E-state index is 11.0. The highest BCUT2D eigenvalue weighted by atomic mass is 16.2. The van der Waals surface area contributed by atoms with E-state index in [1.54, 1.807) is 7.05 Å². The number of hydrogen-bond acceptors (Lipinski definition) is 3. The smallest absolute Gasteiger partial charge is 0.324 e. The Labute approximate surface area is 81.6 Å². The molecule has 0 atom stereocenters. The maximum atomic E-state index is 11.0. The van der Waals surface area contributed by atoms with Crippen molar-refractivity contribution in [1.82, 2.24) is 15.5 Å². The Bertz CT molecular complexity index is 265. The van der Waals surface area contributed by atoms with Crippen molar-refractivity contribution in [1.29, 1.82) is 0 Å². The first-order valence-electron chi connectivity index (χ1n) is 4.43. The van der Waals surface area contributed by atoms with Crippen LogP contribution in [0.4, 0.5) is 4.79 Å². The molecule has 0 spiro atoms. The number of nitrogens with zero attached hydrogens (tertiary/aromatic N) is 1. The molecule has 0 aromatic carbocycles. The van der Waals surface area contributed by atoms with E-state index in [4.69, 9.17) is 0 Å². The minimum Gasteiger partial charge on any atom is -0.359 e. The lowest BCUT2D eigenvalue weighted by Gasteiger charge is -2.11. The van der Waals surface area contributed by atoms with Crippen molar-refractivity contribution in [2.24, 2.45) is 0 Å². The average molecular weight is 199 g/mol. The van der Waals surface area contributed by atoms with E-state index >= 15 is 0 Å². The molecule has 6 nitrogen and oxygen atoms in total. The molecule has 1 heterocycles. The predicted molar refractivity (Wildman–Crippen MR) is 48.4 cm³/mol. The number of nitrogens with one attached hydrogen (secondary N) is 2. The van der Waals surface area contributed by atoms with Crippen molar-refractivity contribution in [3.63, 3.8) is 0 Å². The van der Waals surface area contributed by atoms with Gasteiger partial charge in [0.2, 0.25) is 11.8 Å². The molecule has 0 unspecified atom stereocenters. The van der Waals surface area contributed by atoms with Gasteiger partial charge in [0.25, 0.3) is 0 Å². The van der Waals surface area contributed by atoms with Gasteiger partial charge in [-0.15, -0.1) is 0 Å². The average Bonchev–Trinajstić information content (AvgIpc) is 2.45. The number of urea groups is 1. The van der Waals surface area contributed by atoms with Crippen molar-refractivity contribution in [2.75, 3.05) is 20.1 Å². The first-order valence-corrected chi connectivity index (χ1v) is 4.43. The van der Waals surface area contributed by atoms with Crippen LogP contribution in [-0.4, -0.2) is 42.9 Å². The Morgan fingerprint density at radius 2 is 2.29 bits per heavy atom. The predicted octanol–water partition coefficient (Wildman–Crippen LogP) is -0.936. The Hall–Kier alpha value is -1.59. The molecule has 1 aliphatic rings. The van der Waals surface area contributed by atoms with Crippen LogP contribution in [0.25, 0.3) is 0 Å². The Morgan fingerprint density at radius 3 is 2.79 bits per heavy atom. The zero-order valence-electron chi connectivity index (χ0n) is 8.00. The summed E-state index contributed by atoms with van der Waals surface area (Å²) >= 11 is 0. The van der Waals surface area contributed by atoms with Gasteiger partial charge in [-0.05, 0) is 6.42 Å². The molecular weight excluding hydrogens is 186 g/mol. The molecule has 0 radical (unpaired) electrons. The van der Waals surface area contributed by atoms with Crippen molar-refractivity contribution >= 4 is 17.8 Å². The van der Waals surface area contributed by atoms with Crippen molar-refractivity contribution < 1.29 is 14.4 Å². The van der Waals surface area contributed by atoms with Crippen molar-refractivity contribution in [3.05, 3.63) is 0 Å². The van der Waals surface area contributed by atoms with E-state index in [2.05, 4.69) is 10.6 Å². The van der Waals surface area contributed by atoms with Crippen molar-refractivity contribution in [2.45, 2.75) is 12.8 Å². The fourth-order valence-electron chi connectivity index (χ4n) is 1.22. The SMILES string of the molecule is CNC(=O)CCCN1CC(=O)NC1=O. The first-order chi connectivity index (χ1) is 6.63. The third-order valence-electron chi connectivity index (χ3n) is 1.98. The summed E-state index contributed by atoms with van der Waals surface area (Å²) in [5.41, 5.74) is 0. The number of carbonyl (C=O) groups is 3. The van der Waals surface area contributed by atoms with E-state index in [0.29, 0.717) is 19.4 Å². The van der Waals surface area contributed by atoms with Crippen molar-refractivity contribution in [3.8, 4) is 0 Å². The van der Waals surface area contributed by atoms with Crippen LogP contribution in [0.15, 0.2) is 0 Å². The van der Waals surface area contributed by atoms with Crippen LogP contribution in [0.2, 0.25) is 0 Å². The summed E-state index contributed by atoms with van der Waals surface area (Å²) < 4.78 is 0. The van der Waals surface area contributed by atoms with Crippen LogP contribution in [0.5, 0.6) is 0 Å². The highest BCUT2D eigenvalue weighted by Crippen LogP contribution is 2.00. The molecule has 4 amide bonds. The van der Waals surface area contributed by atoms with E-state index in [1.165, 1.54) is 4.90 Å². The standard InChI is InChI=1S/C8H13N3O3/c1-9-6(12)3-2-4-11-5-7(13)10-8(11)14/h2-5H2,1H3,(H,9,12)(H,10,13,14). The fraction of sp³-hybridized carbons (Fsp3) is 0.625. The molecule has 14 heavy (non-hydrogen) atoms. The second-order valence-electron chi connectivity index (χ2n) is 3.05. The van der Waals surface area contributed by atoms with Gasteiger partial charge in [-0.3, -0.25) is 14.9 Å². The molecule has 1 aliphatic heterocycles. The second-order valence-corrected chi connectivity index (χ2v) is 3.05. The van der Waals surface area contributed by atoms with Gasteiger partial charge >= 0.3 is 6.03 Å². The maximum Gasteiger partial charge on any atom is 0.324 e. The number of hydrogen-bond donors (Lipinski definition) is 2. The normalized spacial score (nSPS) is 15.6. The topological polar surface area (TPSA) is 78.5 Å². The van der Waals surface area contributed by atoms with E-state index in [1.807, 2.05) is 0 Å². The molecule has 1 fully saturated rings. The third kappa shape index (κ3) is 2.72.